The summed E-state index contributed by atoms with van der Waals surface area (Å²) in [6.45, 7) is 0. The van der Waals surface area contributed by atoms with Gasteiger partial charge in [-0.2, -0.15) is 0 Å². The van der Waals surface area contributed by atoms with Gasteiger partial charge in [-0.25, -0.2) is 0 Å². The molecule has 2 aromatic heterocycles. The fourth-order valence-corrected chi connectivity index (χ4v) is 1.64. The smallest absolute Gasteiger partial charge is 0.233 e. The van der Waals surface area contributed by atoms with E-state index in [2.05, 4.69) is 20.5 Å². The Balaban J connectivity index is 1.91. The molecule has 0 unspecified atom stereocenters. The molecule has 0 saturated carbocycles. The minimum Gasteiger partial charge on any atom is -0.497 e. The molecule has 6 heteroatoms. The van der Waals surface area contributed by atoms with E-state index in [4.69, 9.17) is 4.74 Å². The van der Waals surface area contributed by atoms with Gasteiger partial charge in [0.2, 0.25) is 5.95 Å². The first-order valence-corrected chi connectivity index (χ1v) is 5.42. The van der Waals surface area contributed by atoms with Crippen molar-refractivity contribution >= 4 is 17.3 Å². The van der Waals surface area contributed by atoms with Crippen molar-refractivity contribution in [1.82, 2.24) is 19.6 Å². The summed E-state index contributed by atoms with van der Waals surface area (Å²) in [6.07, 6.45) is 5.16. The summed E-state index contributed by atoms with van der Waals surface area (Å²) in [5.74, 6) is 1.47. The molecule has 0 atom stereocenters. The number of nitrogens with zero attached hydrogens (tertiary/aromatic N) is 4. The van der Waals surface area contributed by atoms with Gasteiger partial charge in [0.05, 0.1) is 13.3 Å². The maximum atomic E-state index is 5.11. The van der Waals surface area contributed by atoms with Crippen LogP contribution in [-0.4, -0.2) is 26.7 Å². The molecular weight excluding hydrogens is 230 g/mol. The second-order valence-corrected chi connectivity index (χ2v) is 3.68. The van der Waals surface area contributed by atoms with Gasteiger partial charge in [0, 0.05) is 18.1 Å². The van der Waals surface area contributed by atoms with E-state index in [0.717, 1.165) is 11.4 Å². The summed E-state index contributed by atoms with van der Waals surface area (Å²) >= 11 is 0. The fourth-order valence-electron chi connectivity index (χ4n) is 1.64. The van der Waals surface area contributed by atoms with Crippen molar-refractivity contribution in [2.24, 2.45) is 0 Å². The maximum Gasteiger partial charge on any atom is 0.233 e. The molecule has 1 N–H and O–H groups in total. The Hall–Kier alpha value is -2.63. The van der Waals surface area contributed by atoms with Gasteiger partial charge in [-0.1, -0.05) is 0 Å². The third-order valence-corrected chi connectivity index (χ3v) is 2.56. The highest BCUT2D eigenvalue weighted by Gasteiger charge is 2.04. The zero-order valence-corrected chi connectivity index (χ0v) is 9.74. The molecule has 0 fully saturated rings. The van der Waals surface area contributed by atoms with Gasteiger partial charge in [-0.05, 0) is 24.3 Å². The van der Waals surface area contributed by atoms with E-state index in [1.807, 2.05) is 28.7 Å². The van der Waals surface area contributed by atoms with Gasteiger partial charge in [-0.3, -0.25) is 9.38 Å². The number of rotatable bonds is 3. The second-order valence-electron chi connectivity index (χ2n) is 3.68. The summed E-state index contributed by atoms with van der Waals surface area (Å²) < 4.78 is 6.94. The van der Waals surface area contributed by atoms with Crippen LogP contribution in [0.2, 0.25) is 0 Å². The third-order valence-electron chi connectivity index (χ3n) is 2.56. The number of fused-ring (bicyclic) bond motifs is 1. The van der Waals surface area contributed by atoms with Crippen molar-refractivity contribution in [1.29, 1.82) is 0 Å². The highest BCUT2D eigenvalue weighted by atomic mass is 16.5. The fraction of sp³-hybridized carbons (Fsp3) is 0.0833. The average Bonchev–Trinajstić information content (AvgIpc) is 2.83. The normalized spacial score (nSPS) is 10.5. The first-order valence-electron chi connectivity index (χ1n) is 5.42. The Kier molecular flexibility index (Phi) is 2.53. The molecule has 0 aliphatic heterocycles. The van der Waals surface area contributed by atoms with Gasteiger partial charge in [0.15, 0.2) is 5.65 Å². The van der Waals surface area contributed by atoms with Gasteiger partial charge in [0.25, 0.3) is 0 Å². The van der Waals surface area contributed by atoms with Crippen LogP contribution in [0.15, 0.2) is 42.9 Å². The first-order chi connectivity index (χ1) is 8.86. The molecule has 3 aromatic rings. The van der Waals surface area contributed by atoms with Crippen molar-refractivity contribution < 1.29 is 4.74 Å². The van der Waals surface area contributed by atoms with Crippen molar-refractivity contribution in [2.45, 2.75) is 0 Å². The van der Waals surface area contributed by atoms with Crippen LogP contribution in [0.1, 0.15) is 0 Å². The van der Waals surface area contributed by atoms with Gasteiger partial charge < -0.3 is 10.1 Å². The van der Waals surface area contributed by atoms with Crippen LogP contribution in [0, 0.1) is 0 Å². The summed E-state index contributed by atoms with van der Waals surface area (Å²) in [5.41, 5.74) is 1.62. The minimum absolute atomic E-state index is 0.651. The van der Waals surface area contributed by atoms with Crippen molar-refractivity contribution in [3.05, 3.63) is 42.9 Å². The van der Waals surface area contributed by atoms with E-state index in [9.17, 15) is 0 Å². The molecule has 0 saturated heterocycles. The summed E-state index contributed by atoms with van der Waals surface area (Å²) in [5, 5.41) is 11.3. The number of nitrogens with one attached hydrogen (secondary N) is 1. The lowest BCUT2D eigenvalue weighted by Gasteiger charge is -2.05. The van der Waals surface area contributed by atoms with Crippen LogP contribution in [0.3, 0.4) is 0 Å². The maximum absolute atomic E-state index is 5.11. The Morgan fingerprint density at radius 3 is 2.78 bits per heavy atom. The Bertz CT molecular complexity index is 662. The quantitative estimate of drug-likeness (QED) is 0.758. The second kappa shape index (κ2) is 4.33. The lowest BCUT2D eigenvalue weighted by atomic mass is 10.3. The standard InChI is InChI=1S/C12H11N5O/c1-18-10-4-2-9(3-5-10)14-12-16-15-11-8-13-6-7-17(11)12/h2-8H,1H3,(H,14,16). The van der Waals surface area contributed by atoms with Crippen molar-refractivity contribution in [3.8, 4) is 5.75 Å². The molecule has 0 amide bonds. The number of ether oxygens (including phenoxy) is 1. The molecule has 6 nitrogen and oxygen atoms in total. The molecule has 2 heterocycles. The highest BCUT2D eigenvalue weighted by Crippen LogP contribution is 2.18. The number of benzene rings is 1. The van der Waals surface area contributed by atoms with E-state index in [-0.39, 0.29) is 0 Å². The molecule has 0 spiro atoms. The highest BCUT2D eigenvalue weighted by molar-refractivity contribution is 5.57. The number of anilines is 2. The zero-order chi connectivity index (χ0) is 12.4. The van der Waals surface area contributed by atoms with E-state index in [1.54, 1.807) is 25.7 Å². The number of methoxy groups -OCH3 is 1. The van der Waals surface area contributed by atoms with Crippen LogP contribution in [0.25, 0.3) is 5.65 Å². The van der Waals surface area contributed by atoms with E-state index in [1.165, 1.54) is 0 Å². The summed E-state index contributed by atoms with van der Waals surface area (Å²) in [7, 11) is 1.64. The molecule has 1 aromatic carbocycles. The molecular formula is C12H11N5O. The Morgan fingerprint density at radius 2 is 2.00 bits per heavy atom. The summed E-state index contributed by atoms with van der Waals surface area (Å²) in [4.78, 5) is 3.99. The molecule has 90 valence electrons. The SMILES string of the molecule is COc1ccc(Nc2nnc3cnccn23)cc1. The lowest BCUT2D eigenvalue weighted by molar-refractivity contribution is 0.415. The zero-order valence-electron chi connectivity index (χ0n) is 9.74. The van der Waals surface area contributed by atoms with Crippen molar-refractivity contribution in [3.63, 3.8) is 0 Å². The van der Waals surface area contributed by atoms with Gasteiger partial charge in [0.1, 0.15) is 5.75 Å². The molecule has 0 aliphatic carbocycles. The Morgan fingerprint density at radius 1 is 1.17 bits per heavy atom. The Labute approximate surface area is 103 Å². The lowest BCUT2D eigenvalue weighted by Crippen LogP contribution is -1.96. The van der Waals surface area contributed by atoms with E-state index >= 15 is 0 Å². The van der Waals surface area contributed by atoms with Crippen LogP contribution in [0.4, 0.5) is 11.6 Å². The van der Waals surface area contributed by atoms with E-state index in [0.29, 0.717) is 11.6 Å². The molecule has 0 aliphatic rings. The largest absolute Gasteiger partial charge is 0.497 e. The summed E-state index contributed by atoms with van der Waals surface area (Å²) in [6, 6.07) is 7.60. The van der Waals surface area contributed by atoms with E-state index < -0.39 is 0 Å². The molecule has 0 bridgehead atoms. The van der Waals surface area contributed by atoms with Crippen LogP contribution >= 0.6 is 0 Å². The van der Waals surface area contributed by atoms with Gasteiger partial charge >= 0.3 is 0 Å². The monoisotopic (exact) mass is 241 g/mol. The molecule has 18 heavy (non-hydrogen) atoms. The van der Waals surface area contributed by atoms with Crippen LogP contribution in [-0.2, 0) is 0 Å². The topological polar surface area (TPSA) is 64.3 Å². The number of aromatic nitrogens is 4. The minimum atomic E-state index is 0.651. The predicted octanol–water partition coefficient (Wildman–Crippen LogP) is 1.88. The first kappa shape index (κ1) is 10.5. The number of hydrogen-bond acceptors (Lipinski definition) is 5. The van der Waals surface area contributed by atoms with Gasteiger partial charge in [-0.15, -0.1) is 10.2 Å². The van der Waals surface area contributed by atoms with Crippen LogP contribution in [0.5, 0.6) is 5.75 Å². The van der Waals surface area contributed by atoms with Crippen LogP contribution < -0.4 is 10.1 Å². The predicted molar refractivity (Wildman–Crippen MR) is 67.1 cm³/mol. The molecule has 0 radical (unpaired) electrons. The van der Waals surface area contributed by atoms with Crippen molar-refractivity contribution in [2.75, 3.05) is 12.4 Å². The third kappa shape index (κ3) is 1.84. The average molecular weight is 241 g/mol. The molecule has 3 rings (SSSR count). The number of hydrogen-bond donors (Lipinski definition) is 1.